The first-order valence-electron chi connectivity index (χ1n) is 5.71. The van der Waals surface area contributed by atoms with Crippen molar-refractivity contribution in [1.82, 2.24) is 4.90 Å². The lowest BCUT2D eigenvalue weighted by Gasteiger charge is -2.31. The summed E-state index contributed by atoms with van der Waals surface area (Å²) in [5.74, 6) is 4.06. The summed E-state index contributed by atoms with van der Waals surface area (Å²) in [6.07, 6.45) is 8.60. The van der Waals surface area contributed by atoms with E-state index in [0.29, 0.717) is 5.96 Å². The molecule has 0 saturated carbocycles. The highest BCUT2D eigenvalue weighted by atomic mass is 15.3. The summed E-state index contributed by atoms with van der Waals surface area (Å²) < 4.78 is 0. The fourth-order valence-corrected chi connectivity index (χ4v) is 1.73. The van der Waals surface area contributed by atoms with Crippen molar-refractivity contribution in [1.29, 1.82) is 0 Å². The standard InChI is InChI=1S/C12H21N3/c1-4-11(5-2)14-12(13)15-8-6-10(3)7-9-15/h1,10-11H,5-9H2,2-3H3,(H2,13,14). The highest BCUT2D eigenvalue weighted by Crippen LogP contribution is 2.15. The van der Waals surface area contributed by atoms with E-state index in [1.165, 1.54) is 12.8 Å². The molecule has 0 bridgehead atoms. The highest BCUT2D eigenvalue weighted by Gasteiger charge is 2.17. The number of nitrogens with two attached hydrogens (primary N) is 1. The first-order valence-corrected chi connectivity index (χ1v) is 5.71. The van der Waals surface area contributed by atoms with Gasteiger partial charge in [0.25, 0.3) is 0 Å². The molecule has 1 fully saturated rings. The van der Waals surface area contributed by atoms with Crippen LogP contribution in [0.2, 0.25) is 0 Å². The van der Waals surface area contributed by atoms with Crippen LogP contribution in [-0.4, -0.2) is 30.0 Å². The molecular weight excluding hydrogens is 186 g/mol. The van der Waals surface area contributed by atoms with E-state index in [9.17, 15) is 0 Å². The molecule has 84 valence electrons. The van der Waals surface area contributed by atoms with Crippen molar-refractivity contribution in [2.45, 2.75) is 39.2 Å². The monoisotopic (exact) mass is 207 g/mol. The molecule has 1 aliphatic rings. The van der Waals surface area contributed by atoms with Crippen molar-refractivity contribution in [3.05, 3.63) is 0 Å². The van der Waals surface area contributed by atoms with Gasteiger partial charge in [0.2, 0.25) is 0 Å². The Bertz CT molecular complexity index is 257. The molecule has 1 unspecified atom stereocenters. The number of piperidine rings is 1. The van der Waals surface area contributed by atoms with Gasteiger partial charge in [-0.1, -0.05) is 19.8 Å². The molecule has 0 aromatic heterocycles. The Kier molecular flexibility index (Phi) is 4.48. The normalized spacial score (nSPS) is 21.1. The van der Waals surface area contributed by atoms with Crippen LogP contribution in [0, 0.1) is 18.3 Å². The van der Waals surface area contributed by atoms with Crippen LogP contribution >= 0.6 is 0 Å². The predicted molar refractivity (Wildman–Crippen MR) is 64.5 cm³/mol. The third-order valence-electron chi connectivity index (χ3n) is 2.97. The Morgan fingerprint density at radius 2 is 2.20 bits per heavy atom. The molecule has 1 aliphatic heterocycles. The van der Waals surface area contributed by atoms with Gasteiger partial charge in [-0.25, -0.2) is 4.99 Å². The van der Waals surface area contributed by atoms with Gasteiger partial charge >= 0.3 is 0 Å². The predicted octanol–water partition coefficient (Wildman–Crippen LogP) is 1.44. The lowest BCUT2D eigenvalue weighted by Crippen LogP contribution is -2.43. The Morgan fingerprint density at radius 3 is 2.67 bits per heavy atom. The quantitative estimate of drug-likeness (QED) is 0.423. The molecule has 1 heterocycles. The van der Waals surface area contributed by atoms with Crippen LogP contribution < -0.4 is 5.73 Å². The van der Waals surface area contributed by atoms with Gasteiger partial charge in [-0.3, -0.25) is 0 Å². The second-order valence-corrected chi connectivity index (χ2v) is 4.25. The molecule has 3 nitrogen and oxygen atoms in total. The van der Waals surface area contributed by atoms with Crippen molar-refractivity contribution in [2.75, 3.05) is 13.1 Å². The van der Waals surface area contributed by atoms with E-state index in [-0.39, 0.29) is 6.04 Å². The van der Waals surface area contributed by atoms with Crippen LogP contribution in [0.4, 0.5) is 0 Å². The zero-order chi connectivity index (χ0) is 11.3. The Hall–Kier alpha value is -1.17. The number of guanidine groups is 1. The third kappa shape index (κ3) is 3.47. The average Bonchev–Trinajstić information content (AvgIpc) is 2.26. The van der Waals surface area contributed by atoms with E-state index in [1.54, 1.807) is 0 Å². The first kappa shape index (κ1) is 11.9. The minimum Gasteiger partial charge on any atom is -0.370 e. The van der Waals surface area contributed by atoms with Crippen LogP contribution in [0.25, 0.3) is 0 Å². The largest absolute Gasteiger partial charge is 0.370 e. The highest BCUT2D eigenvalue weighted by molar-refractivity contribution is 5.78. The topological polar surface area (TPSA) is 41.6 Å². The molecule has 0 aromatic carbocycles. The van der Waals surface area contributed by atoms with Crippen LogP contribution in [0.5, 0.6) is 0 Å². The van der Waals surface area contributed by atoms with Gasteiger partial charge in [-0.2, -0.15) is 0 Å². The zero-order valence-electron chi connectivity index (χ0n) is 9.74. The molecule has 0 radical (unpaired) electrons. The van der Waals surface area contributed by atoms with E-state index in [2.05, 4.69) is 22.7 Å². The Morgan fingerprint density at radius 1 is 1.60 bits per heavy atom. The maximum absolute atomic E-state index is 5.93. The summed E-state index contributed by atoms with van der Waals surface area (Å²) in [5, 5.41) is 0. The first-order chi connectivity index (χ1) is 7.17. The molecule has 3 heteroatoms. The molecular formula is C12H21N3. The van der Waals surface area contributed by atoms with E-state index in [1.807, 2.05) is 6.92 Å². The number of rotatable bonds is 2. The molecule has 1 rings (SSSR count). The Labute approximate surface area is 92.7 Å². The summed E-state index contributed by atoms with van der Waals surface area (Å²) >= 11 is 0. The number of likely N-dealkylation sites (tertiary alicyclic amines) is 1. The summed E-state index contributed by atoms with van der Waals surface area (Å²) in [4.78, 5) is 6.49. The fourth-order valence-electron chi connectivity index (χ4n) is 1.73. The van der Waals surface area contributed by atoms with Gasteiger partial charge in [-0.05, 0) is 25.2 Å². The van der Waals surface area contributed by atoms with Crippen molar-refractivity contribution < 1.29 is 0 Å². The average molecular weight is 207 g/mol. The van der Waals surface area contributed by atoms with Crippen molar-refractivity contribution in [3.8, 4) is 12.3 Å². The fraction of sp³-hybridized carbons (Fsp3) is 0.750. The number of nitrogens with zero attached hydrogens (tertiary/aromatic N) is 2. The summed E-state index contributed by atoms with van der Waals surface area (Å²) in [6, 6.07) is -0.0654. The Balaban J connectivity index is 2.53. The second-order valence-electron chi connectivity index (χ2n) is 4.25. The number of aliphatic imine (C=N–C) groups is 1. The van der Waals surface area contributed by atoms with E-state index >= 15 is 0 Å². The number of hydrogen-bond acceptors (Lipinski definition) is 1. The van der Waals surface area contributed by atoms with Crippen LogP contribution in [0.15, 0.2) is 4.99 Å². The lowest BCUT2D eigenvalue weighted by molar-refractivity contribution is 0.277. The smallest absolute Gasteiger partial charge is 0.192 e. The molecule has 1 saturated heterocycles. The van der Waals surface area contributed by atoms with Gasteiger partial charge in [0.1, 0.15) is 6.04 Å². The molecule has 15 heavy (non-hydrogen) atoms. The third-order valence-corrected chi connectivity index (χ3v) is 2.97. The molecule has 0 spiro atoms. The van der Waals surface area contributed by atoms with Crippen LogP contribution in [0.1, 0.15) is 33.1 Å². The van der Waals surface area contributed by atoms with Gasteiger partial charge in [0, 0.05) is 13.1 Å². The number of hydrogen-bond donors (Lipinski definition) is 1. The molecule has 0 aliphatic carbocycles. The van der Waals surface area contributed by atoms with Gasteiger partial charge < -0.3 is 10.6 Å². The molecule has 0 aromatic rings. The summed E-state index contributed by atoms with van der Waals surface area (Å²) in [5.41, 5.74) is 5.93. The van der Waals surface area contributed by atoms with Crippen molar-refractivity contribution in [3.63, 3.8) is 0 Å². The summed E-state index contributed by atoms with van der Waals surface area (Å²) in [7, 11) is 0. The summed E-state index contributed by atoms with van der Waals surface area (Å²) in [6.45, 7) is 6.33. The molecule has 2 N–H and O–H groups in total. The van der Waals surface area contributed by atoms with Crippen LogP contribution in [-0.2, 0) is 0 Å². The minimum atomic E-state index is -0.0654. The van der Waals surface area contributed by atoms with Crippen molar-refractivity contribution in [2.24, 2.45) is 16.6 Å². The SMILES string of the molecule is C#CC(CC)N=C(N)N1CCC(C)CC1. The van der Waals surface area contributed by atoms with E-state index in [4.69, 9.17) is 12.2 Å². The second kappa shape index (κ2) is 5.65. The van der Waals surface area contributed by atoms with E-state index < -0.39 is 0 Å². The molecule has 1 atom stereocenters. The minimum absolute atomic E-state index is 0.0654. The maximum Gasteiger partial charge on any atom is 0.192 e. The maximum atomic E-state index is 5.93. The van der Waals surface area contributed by atoms with Crippen LogP contribution in [0.3, 0.4) is 0 Å². The molecule has 0 amide bonds. The van der Waals surface area contributed by atoms with Crippen molar-refractivity contribution >= 4 is 5.96 Å². The zero-order valence-corrected chi connectivity index (χ0v) is 9.74. The lowest BCUT2D eigenvalue weighted by atomic mass is 10.00. The van der Waals surface area contributed by atoms with E-state index in [0.717, 1.165) is 25.4 Å². The van der Waals surface area contributed by atoms with Gasteiger partial charge in [0.15, 0.2) is 5.96 Å². The van der Waals surface area contributed by atoms with Gasteiger partial charge in [-0.15, -0.1) is 6.42 Å². The van der Waals surface area contributed by atoms with Gasteiger partial charge in [0.05, 0.1) is 0 Å². The number of terminal acetylenes is 1.